The Bertz CT molecular complexity index is 643. The largest absolute Gasteiger partial charge is 0.379 e. The predicted octanol–water partition coefficient (Wildman–Crippen LogP) is 1.15. The third-order valence-electron chi connectivity index (χ3n) is 3.72. The summed E-state index contributed by atoms with van der Waals surface area (Å²) in [5.41, 5.74) is 1.78. The molecule has 1 aromatic rings. The van der Waals surface area contributed by atoms with Gasteiger partial charge in [-0.25, -0.2) is 13.1 Å². The zero-order valence-electron chi connectivity index (χ0n) is 14.1. The maximum atomic E-state index is 12.7. The fourth-order valence-electron chi connectivity index (χ4n) is 2.53. The third kappa shape index (κ3) is 4.63. The molecule has 0 radical (unpaired) electrons. The topological polar surface area (TPSA) is 82.4 Å². The Balaban J connectivity index is 2.10. The number of hydrogen-bond acceptors (Lipinski definition) is 5. The highest BCUT2D eigenvalue weighted by atomic mass is 32.2. The first kappa shape index (κ1) is 18.1. The van der Waals surface area contributed by atoms with Crippen molar-refractivity contribution in [2.45, 2.75) is 44.4 Å². The maximum absolute atomic E-state index is 12.7. The lowest BCUT2D eigenvalue weighted by molar-refractivity contribution is -0.0561. The average Bonchev–Trinajstić information content (AvgIpc) is 2.80. The SMILES string of the molecule is CC(C)=CCO[C@@H]1COCC[C@H]1NS(=O)(=O)c1c(C)cnn1C. The number of aromatic nitrogens is 2. The van der Waals surface area contributed by atoms with Crippen LogP contribution in [0.25, 0.3) is 0 Å². The van der Waals surface area contributed by atoms with Crippen LogP contribution in [-0.4, -0.2) is 50.2 Å². The first-order valence-electron chi connectivity index (χ1n) is 7.65. The van der Waals surface area contributed by atoms with Crippen molar-refractivity contribution < 1.29 is 17.9 Å². The monoisotopic (exact) mass is 343 g/mol. The standard InChI is InChI=1S/C15H25N3O4S/c1-11(2)5-8-22-14-10-21-7-6-13(14)17-23(19,20)15-12(3)9-16-18(15)4/h5,9,13-14,17H,6-8,10H2,1-4H3/t13-,14-/m1/s1. The molecule has 0 aromatic carbocycles. The fraction of sp³-hybridized carbons (Fsp3) is 0.667. The zero-order chi connectivity index (χ0) is 17.0. The predicted molar refractivity (Wildman–Crippen MR) is 86.7 cm³/mol. The second-order valence-electron chi connectivity index (χ2n) is 6.00. The van der Waals surface area contributed by atoms with E-state index in [1.165, 1.54) is 4.68 Å². The van der Waals surface area contributed by atoms with Gasteiger partial charge in [0.25, 0.3) is 10.0 Å². The molecule has 130 valence electrons. The first-order chi connectivity index (χ1) is 10.8. The van der Waals surface area contributed by atoms with Crippen LogP contribution >= 0.6 is 0 Å². The maximum Gasteiger partial charge on any atom is 0.258 e. The Labute approximate surface area is 137 Å². The molecule has 1 fully saturated rings. The van der Waals surface area contributed by atoms with E-state index in [0.29, 0.717) is 31.8 Å². The van der Waals surface area contributed by atoms with E-state index in [-0.39, 0.29) is 17.2 Å². The molecule has 0 spiro atoms. The Morgan fingerprint density at radius 1 is 1.57 bits per heavy atom. The summed E-state index contributed by atoms with van der Waals surface area (Å²) in [6, 6.07) is -0.311. The lowest BCUT2D eigenvalue weighted by Gasteiger charge is -2.31. The van der Waals surface area contributed by atoms with Crippen LogP contribution in [0.2, 0.25) is 0 Å². The van der Waals surface area contributed by atoms with Gasteiger partial charge in [-0.2, -0.15) is 5.10 Å². The zero-order valence-corrected chi connectivity index (χ0v) is 14.9. The van der Waals surface area contributed by atoms with Gasteiger partial charge >= 0.3 is 0 Å². The van der Waals surface area contributed by atoms with Crippen LogP contribution in [0.5, 0.6) is 0 Å². The van der Waals surface area contributed by atoms with E-state index in [1.807, 2.05) is 19.9 Å². The van der Waals surface area contributed by atoms with E-state index in [4.69, 9.17) is 9.47 Å². The summed E-state index contributed by atoms with van der Waals surface area (Å²) in [5, 5.41) is 4.18. The Morgan fingerprint density at radius 2 is 2.30 bits per heavy atom. The first-order valence-corrected chi connectivity index (χ1v) is 9.13. The molecule has 0 aliphatic carbocycles. The van der Waals surface area contributed by atoms with Gasteiger partial charge in [0.2, 0.25) is 0 Å². The molecule has 2 atom stereocenters. The van der Waals surface area contributed by atoms with Gasteiger partial charge in [0.15, 0.2) is 5.03 Å². The number of rotatable bonds is 6. The summed E-state index contributed by atoms with van der Waals surface area (Å²) in [7, 11) is -2.03. The summed E-state index contributed by atoms with van der Waals surface area (Å²) in [5.74, 6) is 0. The van der Waals surface area contributed by atoms with E-state index >= 15 is 0 Å². The van der Waals surface area contributed by atoms with Gasteiger partial charge < -0.3 is 9.47 Å². The average molecular weight is 343 g/mol. The number of hydrogen-bond donors (Lipinski definition) is 1. The van der Waals surface area contributed by atoms with Crippen LogP contribution in [0, 0.1) is 6.92 Å². The van der Waals surface area contributed by atoms with Crippen LogP contribution in [0.15, 0.2) is 22.9 Å². The molecule has 0 saturated carbocycles. The normalized spacial score (nSPS) is 22.1. The van der Waals surface area contributed by atoms with Crippen LogP contribution in [0.1, 0.15) is 25.8 Å². The van der Waals surface area contributed by atoms with Gasteiger partial charge in [-0.15, -0.1) is 0 Å². The molecule has 2 heterocycles. The summed E-state index contributed by atoms with van der Waals surface area (Å²) in [4.78, 5) is 0. The summed E-state index contributed by atoms with van der Waals surface area (Å²) in [6.07, 6.45) is 3.78. The van der Waals surface area contributed by atoms with Crippen molar-refractivity contribution in [3.05, 3.63) is 23.4 Å². The van der Waals surface area contributed by atoms with E-state index in [1.54, 1.807) is 20.2 Å². The smallest absolute Gasteiger partial charge is 0.258 e. The van der Waals surface area contributed by atoms with Gasteiger partial charge in [-0.3, -0.25) is 4.68 Å². The highest BCUT2D eigenvalue weighted by Crippen LogP contribution is 2.18. The summed E-state index contributed by atoms with van der Waals surface area (Å²) in [6.45, 7) is 7.06. The van der Waals surface area contributed by atoms with Crippen molar-refractivity contribution in [1.82, 2.24) is 14.5 Å². The number of nitrogens with one attached hydrogen (secondary N) is 1. The quantitative estimate of drug-likeness (QED) is 0.784. The molecular weight excluding hydrogens is 318 g/mol. The number of nitrogens with zero attached hydrogens (tertiary/aromatic N) is 2. The van der Waals surface area contributed by atoms with Crippen molar-refractivity contribution in [3.63, 3.8) is 0 Å². The molecule has 23 heavy (non-hydrogen) atoms. The van der Waals surface area contributed by atoms with Crippen LogP contribution < -0.4 is 4.72 Å². The lowest BCUT2D eigenvalue weighted by Crippen LogP contribution is -2.50. The van der Waals surface area contributed by atoms with Crippen LogP contribution in [0.4, 0.5) is 0 Å². The summed E-state index contributed by atoms with van der Waals surface area (Å²) >= 11 is 0. The minimum Gasteiger partial charge on any atom is -0.379 e. The molecule has 1 saturated heterocycles. The highest BCUT2D eigenvalue weighted by molar-refractivity contribution is 7.89. The van der Waals surface area contributed by atoms with E-state index < -0.39 is 10.0 Å². The molecule has 0 amide bonds. The van der Waals surface area contributed by atoms with E-state index in [9.17, 15) is 8.42 Å². The van der Waals surface area contributed by atoms with Gasteiger partial charge in [-0.05, 0) is 27.2 Å². The van der Waals surface area contributed by atoms with Crippen molar-refractivity contribution in [2.24, 2.45) is 7.05 Å². The second-order valence-corrected chi connectivity index (χ2v) is 7.63. The molecule has 0 bridgehead atoms. The third-order valence-corrected chi connectivity index (χ3v) is 5.43. The molecule has 2 rings (SSSR count). The molecule has 1 aliphatic heterocycles. The minimum atomic E-state index is -3.65. The van der Waals surface area contributed by atoms with Gasteiger partial charge in [-0.1, -0.05) is 11.6 Å². The Hall–Kier alpha value is -1.22. The number of allylic oxidation sites excluding steroid dienone is 1. The molecule has 1 N–H and O–H groups in total. The molecule has 8 heteroatoms. The Morgan fingerprint density at radius 3 is 2.91 bits per heavy atom. The minimum absolute atomic E-state index is 0.187. The molecule has 1 aromatic heterocycles. The molecular formula is C15H25N3O4S. The second kappa shape index (κ2) is 7.57. The summed E-state index contributed by atoms with van der Waals surface area (Å²) < 4.78 is 40.6. The van der Waals surface area contributed by atoms with Crippen molar-refractivity contribution in [1.29, 1.82) is 0 Å². The number of sulfonamides is 1. The van der Waals surface area contributed by atoms with Crippen molar-refractivity contribution in [2.75, 3.05) is 19.8 Å². The van der Waals surface area contributed by atoms with Crippen LogP contribution in [0.3, 0.4) is 0 Å². The Kier molecular flexibility index (Phi) is 5.96. The van der Waals surface area contributed by atoms with E-state index in [0.717, 1.165) is 5.57 Å². The van der Waals surface area contributed by atoms with Crippen molar-refractivity contribution >= 4 is 10.0 Å². The highest BCUT2D eigenvalue weighted by Gasteiger charge is 2.32. The van der Waals surface area contributed by atoms with E-state index in [2.05, 4.69) is 9.82 Å². The molecule has 7 nitrogen and oxygen atoms in total. The van der Waals surface area contributed by atoms with Crippen molar-refractivity contribution in [3.8, 4) is 0 Å². The number of ether oxygens (including phenoxy) is 2. The van der Waals surface area contributed by atoms with Crippen LogP contribution in [-0.2, 0) is 26.5 Å². The fourth-order valence-corrected chi connectivity index (χ4v) is 4.18. The molecule has 0 unspecified atom stereocenters. The van der Waals surface area contributed by atoms with Gasteiger partial charge in [0, 0.05) is 19.2 Å². The van der Waals surface area contributed by atoms with Gasteiger partial charge in [0.1, 0.15) is 0 Å². The number of aryl methyl sites for hydroxylation is 2. The lowest BCUT2D eigenvalue weighted by atomic mass is 10.1. The van der Waals surface area contributed by atoms with Gasteiger partial charge in [0.05, 0.1) is 31.6 Å². The molecule has 1 aliphatic rings.